The van der Waals surface area contributed by atoms with Gasteiger partial charge >= 0.3 is 0 Å². The molecule has 23 heavy (non-hydrogen) atoms. The van der Waals surface area contributed by atoms with Crippen molar-refractivity contribution in [3.8, 4) is 0 Å². The smallest absolute Gasteiger partial charge is 0.223 e. The lowest BCUT2D eigenvalue weighted by Gasteiger charge is -2.40. The van der Waals surface area contributed by atoms with Crippen molar-refractivity contribution >= 4 is 17.2 Å². The minimum Gasteiger partial charge on any atom is -0.349 e. The van der Waals surface area contributed by atoms with E-state index in [4.69, 9.17) is 0 Å². The molecule has 1 atom stereocenters. The maximum absolute atomic E-state index is 12.5. The highest BCUT2D eigenvalue weighted by molar-refractivity contribution is 7.07. The predicted molar refractivity (Wildman–Crippen MR) is 95.7 cm³/mol. The van der Waals surface area contributed by atoms with Crippen molar-refractivity contribution in [1.29, 1.82) is 0 Å². The number of carbonyl (C=O) groups excluding carboxylic acids is 1. The van der Waals surface area contributed by atoms with Crippen LogP contribution in [0.25, 0.3) is 0 Å². The van der Waals surface area contributed by atoms with E-state index in [1.807, 2.05) is 0 Å². The van der Waals surface area contributed by atoms with Crippen LogP contribution in [0.5, 0.6) is 0 Å². The first-order valence-electron chi connectivity index (χ1n) is 8.88. The summed E-state index contributed by atoms with van der Waals surface area (Å²) in [6.45, 7) is 6.67. The molecule has 2 aliphatic rings. The lowest BCUT2D eigenvalue weighted by molar-refractivity contribution is -0.127. The largest absolute Gasteiger partial charge is 0.349 e. The first-order chi connectivity index (χ1) is 11.1. The summed E-state index contributed by atoms with van der Waals surface area (Å²) < 4.78 is 0. The molecule has 5 heteroatoms. The number of piperidine rings is 2. The van der Waals surface area contributed by atoms with Crippen LogP contribution in [0.4, 0.5) is 0 Å². The monoisotopic (exact) mass is 335 g/mol. The highest BCUT2D eigenvalue weighted by Crippen LogP contribution is 2.24. The third-order valence-corrected chi connectivity index (χ3v) is 6.21. The molecule has 128 valence electrons. The first kappa shape index (κ1) is 16.9. The number of nitrogens with zero attached hydrogens (tertiary/aromatic N) is 2. The van der Waals surface area contributed by atoms with Gasteiger partial charge in [0.25, 0.3) is 0 Å². The van der Waals surface area contributed by atoms with Gasteiger partial charge in [0, 0.05) is 12.0 Å². The summed E-state index contributed by atoms with van der Waals surface area (Å²) in [5, 5.41) is 7.38. The summed E-state index contributed by atoms with van der Waals surface area (Å²) in [4.78, 5) is 17.5. The summed E-state index contributed by atoms with van der Waals surface area (Å²) in [7, 11) is 2.21. The standard InChI is InChI=1S/C18H29N3OS/c1-14(16-7-12-23-13-16)19-18(22)15-3-10-21(11-4-15)17-5-8-20(2)9-6-17/h7,12-15,17H,3-6,8-11H2,1-2H3,(H,19,22)/t14-/m1/s1. The molecular weight excluding hydrogens is 306 g/mol. The van der Waals surface area contributed by atoms with Crippen molar-refractivity contribution in [2.75, 3.05) is 33.2 Å². The van der Waals surface area contributed by atoms with E-state index in [1.54, 1.807) is 11.3 Å². The van der Waals surface area contributed by atoms with Crippen LogP contribution in [0, 0.1) is 5.92 Å². The zero-order chi connectivity index (χ0) is 16.2. The molecule has 3 heterocycles. The fraction of sp³-hybridized carbons (Fsp3) is 0.722. The average molecular weight is 336 g/mol. The Morgan fingerprint density at radius 3 is 2.52 bits per heavy atom. The number of carbonyl (C=O) groups is 1. The third-order valence-electron chi connectivity index (χ3n) is 5.51. The number of hydrogen-bond acceptors (Lipinski definition) is 4. The van der Waals surface area contributed by atoms with Gasteiger partial charge in [0.2, 0.25) is 5.91 Å². The van der Waals surface area contributed by atoms with E-state index >= 15 is 0 Å². The second-order valence-electron chi connectivity index (χ2n) is 7.13. The Bertz CT molecular complexity index is 488. The van der Waals surface area contributed by atoms with E-state index in [-0.39, 0.29) is 17.9 Å². The van der Waals surface area contributed by atoms with Gasteiger partial charge in [0.05, 0.1) is 6.04 Å². The molecule has 3 rings (SSSR count). The summed E-state index contributed by atoms with van der Waals surface area (Å²) >= 11 is 1.69. The second-order valence-corrected chi connectivity index (χ2v) is 7.91. The Balaban J connectivity index is 1.44. The van der Waals surface area contributed by atoms with Gasteiger partial charge in [0.1, 0.15) is 0 Å². The lowest BCUT2D eigenvalue weighted by Crippen LogP contribution is -2.48. The second kappa shape index (κ2) is 7.77. The van der Waals surface area contributed by atoms with Gasteiger partial charge in [-0.05, 0) is 88.2 Å². The topological polar surface area (TPSA) is 35.6 Å². The fourth-order valence-electron chi connectivity index (χ4n) is 3.82. The highest BCUT2D eigenvalue weighted by atomic mass is 32.1. The van der Waals surface area contributed by atoms with Crippen LogP contribution < -0.4 is 5.32 Å². The molecule has 2 saturated heterocycles. The van der Waals surface area contributed by atoms with E-state index < -0.39 is 0 Å². The van der Waals surface area contributed by atoms with Crippen molar-refractivity contribution in [1.82, 2.24) is 15.1 Å². The molecule has 4 nitrogen and oxygen atoms in total. The van der Waals surface area contributed by atoms with E-state index in [0.717, 1.165) is 32.0 Å². The van der Waals surface area contributed by atoms with Crippen molar-refractivity contribution < 1.29 is 4.79 Å². The summed E-state index contributed by atoms with van der Waals surface area (Å²) in [6, 6.07) is 2.96. The Morgan fingerprint density at radius 2 is 1.91 bits per heavy atom. The first-order valence-corrected chi connectivity index (χ1v) is 9.83. The van der Waals surface area contributed by atoms with Gasteiger partial charge in [0.15, 0.2) is 0 Å². The van der Waals surface area contributed by atoms with Gasteiger partial charge < -0.3 is 15.1 Å². The molecule has 1 aromatic rings. The number of nitrogens with one attached hydrogen (secondary N) is 1. The molecule has 0 saturated carbocycles. The molecule has 0 aliphatic carbocycles. The van der Waals surface area contributed by atoms with Crippen molar-refractivity contribution in [2.24, 2.45) is 5.92 Å². The molecule has 2 fully saturated rings. The number of hydrogen-bond donors (Lipinski definition) is 1. The highest BCUT2D eigenvalue weighted by Gasteiger charge is 2.30. The molecular formula is C18H29N3OS. The van der Waals surface area contributed by atoms with Gasteiger partial charge in [-0.3, -0.25) is 4.79 Å². The van der Waals surface area contributed by atoms with Crippen molar-refractivity contribution in [3.05, 3.63) is 22.4 Å². The minimum absolute atomic E-state index is 0.126. The zero-order valence-corrected chi connectivity index (χ0v) is 15.1. The van der Waals surface area contributed by atoms with Crippen LogP contribution in [-0.4, -0.2) is 55.0 Å². The number of rotatable bonds is 4. The van der Waals surface area contributed by atoms with Gasteiger partial charge in [-0.25, -0.2) is 0 Å². The lowest BCUT2D eigenvalue weighted by atomic mass is 9.92. The summed E-state index contributed by atoms with van der Waals surface area (Å²) in [5.41, 5.74) is 1.21. The molecule has 1 amide bonds. The molecule has 0 bridgehead atoms. The summed E-state index contributed by atoms with van der Waals surface area (Å²) in [5.74, 6) is 0.435. The van der Waals surface area contributed by atoms with E-state index in [2.05, 4.69) is 45.9 Å². The van der Waals surface area contributed by atoms with E-state index in [9.17, 15) is 4.79 Å². The molecule has 0 spiro atoms. The Labute approximate surface area is 143 Å². The Hall–Kier alpha value is -0.910. The van der Waals surface area contributed by atoms with Crippen molar-refractivity contribution in [3.63, 3.8) is 0 Å². The number of thiophene rings is 1. The maximum Gasteiger partial charge on any atom is 0.223 e. The van der Waals surface area contributed by atoms with E-state index in [0.29, 0.717) is 0 Å². The molecule has 0 radical (unpaired) electrons. The van der Waals surface area contributed by atoms with Gasteiger partial charge in [-0.2, -0.15) is 11.3 Å². The quantitative estimate of drug-likeness (QED) is 0.919. The molecule has 0 unspecified atom stereocenters. The van der Waals surface area contributed by atoms with Crippen molar-refractivity contribution in [2.45, 2.75) is 44.7 Å². The number of likely N-dealkylation sites (tertiary alicyclic amines) is 2. The average Bonchev–Trinajstić information content (AvgIpc) is 3.10. The Morgan fingerprint density at radius 1 is 1.22 bits per heavy atom. The van der Waals surface area contributed by atoms with Crippen LogP contribution >= 0.6 is 11.3 Å². The molecule has 0 aromatic carbocycles. The van der Waals surface area contributed by atoms with Crippen LogP contribution in [0.15, 0.2) is 16.8 Å². The Kier molecular flexibility index (Phi) is 5.72. The van der Waals surface area contributed by atoms with Crippen LogP contribution in [0.2, 0.25) is 0 Å². The van der Waals surface area contributed by atoms with E-state index in [1.165, 1.54) is 31.5 Å². The molecule has 2 aliphatic heterocycles. The van der Waals surface area contributed by atoms with Gasteiger partial charge in [-0.15, -0.1) is 0 Å². The van der Waals surface area contributed by atoms with Crippen LogP contribution in [-0.2, 0) is 4.79 Å². The molecule has 1 N–H and O–H groups in total. The SMILES string of the molecule is C[C@@H](NC(=O)C1CCN(C2CCN(C)CC2)CC1)c1ccsc1. The predicted octanol–water partition coefficient (Wildman–Crippen LogP) is 2.73. The molecule has 1 aromatic heterocycles. The fourth-order valence-corrected chi connectivity index (χ4v) is 4.58. The number of amides is 1. The van der Waals surface area contributed by atoms with Gasteiger partial charge in [-0.1, -0.05) is 0 Å². The summed E-state index contributed by atoms with van der Waals surface area (Å²) in [6.07, 6.45) is 4.58. The third kappa shape index (κ3) is 4.34. The minimum atomic E-state index is 0.126. The zero-order valence-electron chi connectivity index (χ0n) is 14.3. The van der Waals surface area contributed by atoms with Crippen LogP contribution in [0.1, 0.15) is 44.2 Å². The maximum atomic E-state index is 12.5. The van der Waals surface area contributed by atoms with Crippen LogP contribution in [0.3, 0.4) is 0 Å². The normalized spacial score (nSPS) is 23.7.